The Morgan fingerprint density at radius 3 is 2.46 bits per heavy atom. The van der Waals surface area contributed by atoms with Crippen LogP contribution in [0.25, 0.3) is 0 Å². The van der Waals surface area contributed by atoms with Gasteiger partial charge in [-0.05, 0) is 32.4 Å². The zero-order valence-corrected chi connectivity index (χ0v) is 15.4. The monoisotopic (exact) mass is 371 g/mol. The van der Waals surface area contributed by atoms with Crippen LogP contribution in [0.4, 0.5) is 10.5 Å². The molecule has 132 valence electrons. The summed E-state index contributed by atoms with van der Waals surface area (Å²) in [5.41, 5.74) is 3.72. The Labute approximate surface area is 147 Å². The molecule has 2 N–H and O–H groups in total. The van der Waals surface area contributed by atoms with E-state index in [-0.39, 0.29) is 12.2 Å². The minimum absolute atomic E-state index is 0.193. The van der Waals surface area contributed by atoms with Gasteiger partial charge in [0.25, 0.3) is 0 Å². The first-order valence-corrected chi connectivity index (χ1v) is 9.97. The number of benzene rings is 1. The number of nitrogens with one attached hydrogen (secondary N) is 2. The van der Waals surface area contributed by atoms with Gasteiger partial charge in [-0.25, -0.2) is 4.79 Å². The quantitative estimate of drug-likeness (QED) is 0.512. The highest BCUT2D eigenvalue weighted by Crippen LogP contribution is 2.48. The first kappa shape index (κ1) is 18.9. The summed E-state index contributed by atoms with van der Waals surface area (Å²) in [6.45, 7) is 4.14. The highest BCUT2D eigenvalue weighted by atomic mass is 32.1. The number of thiocarbonyl (C=S) groups is 1. The zero-order chi connectivity index (χ0) is 17.6. The maximum atomic E-state index is 12.5. The van der Waals surface area contributed by atoms with E-state index in [9.17, 15) is 9.36 Å². The second-order valence-electron chi connectivity index (χ2n) is 5.11. The molecule has 0 bridgehead atoms. The van der Waals surface area contributed by atoms with Crippen LogP contribution in [0, 0.1) is 0 Å². The van der Waals surface area contributed by atoms with E-state index >= 15 is 0 Å². The van der Waals surface area contributed by atoms with Crippen LogP contribution in [0.5, 0.6) is 0 Å². The van der Waals surface area contributed by atoms with E-state index in [0.717, 1.165) is 5.69 Å². The molecule has 9 heteroatoms. The van der Waals surface area contributed by atoms with E-state index in [0.29, 0.717) is 24.6 Å². The standard InChI is InChI=1S/C15H22N3O4PS/c1-3-21-23(20,22-4-2)11-10-13-14(24)18(15(19)16-13)17-12-8-6-5-7-9-12/h5-9,13,17H,3-4,10-11H2,1-2H3,(H,16,19). The second-order valence-corrected chi connectivity index (χ2v) is 7.72. The van der Waals surface area contributed by atoms with Crippen LogP contribution < -0.4 is 10.7 Å². The fraction of sp³-hybridized carbons (Fsp3) is 0.467. The number of carbonyl (C=O) groups is 1. The van der Waals surface area contributed by atoms with E-state index in [2.05, 4.69) is 10.7 Å². The number of para-hydroxylation sites is 1. The van der Waals surface area contributed by atoms with Gasteiger partial charge in [-0.2, -0.15) is 5.01 Å². The Bertz CT molecular complexity index is 618. The van der Waals surface area contributed by atoms with E-state index in [1.165, 1.54) is 5.01 Å². The summed E-state index contributed by atoms with van der Waals surface area (Å²) in [5, 5.41) is 4.08. The average molecular weight is 371 g/mol. The fourth-order valence-electron chi connectivity index (χ4n) is 2.32. The lowest BCUT2D eigenvalue weighted by molar-refractivity contribution is 0.218. The summed E-state index contributed by atoms with van der Waals surface area (Å²) in [5.74, 6) is 0. The number of urea groups is 1. The van der Waals surface area contributed by atoms with Crippen molar-refractivity contribution in [1.82, 2.24) is 10.3 Å². The lowest BCUT2D eigenvalue weighted by atomic mass is 10.2. The van der Waals surface area contributed by atoms with E-state index in [1.54, 1.807) is 13.8 Å². The second kappa shape index (κ2) is 8.58. The van der Waals surface area contributed by atoms with Crippen molar-refractivity contribution in [1.29, 1.82) is 0 Å². The summed E-state index contributed by atoms with van der Waals surface area (Å²) in [7, 11) is -3.15. The molecule has 1 aliphatic heterocycles. The lowest BCUT2D eigenvalue weighted by Gasteiger charge is -2.20. The molecule has 1 unspecified atom stereocenters. The van der Waals surface area contributed by atoms with Crippen LogP contribution in [0.15, 0.2) is 30.3 Å². The van der Waals surface area contributed by atoms with Crippen molar-refractivity contribution < 1.29 is 18.4 Å². The zero-order valence-electron chi connectivity index (χ0n) is 13.7. The number of nitrogens with zero attached hydrogens (tertiary/aromatic N) is 1. The third kappa shape index (κ3) is 4.77. The lowest BCUT2D eigenvalue weighted by Crippen LogP contribution is -2.35. The first-order valence-electron chi connectivity index (χ1n) is 7.83. The summed E-state index contributed by atoms with van der Waals surface area (Å²) in [6, 6.07) is 8.54. The molecule has 1 heterocycles. The molecule has 2 rings (SSSR count). The van der Waals surface area contributed by atoms with Gasteiger partial charge in [0.1, 0.15) is 4.99 Å². The topological polar surface area (TPSA) is 79.9 Å². The molecule has 0 saturated carbocycles. The third-order valence-electron chi connectivity index (χ3n) is 3.38. The predicted octanol–water partition coefficient (Wildman–Crippen LogP) is 3.39. The van der Waals surface area contributed by atoms with E-state index in [4.69, 9.17) is 21.3 Å². The molecule has 0 aromatic heterocycles. The number of amides is 2. The van der Waals surface area contributed by atoms with E-state index < -0.39 is 13.6 Å². The highest BCUT2D eigenvalue weighted by molar-refractivity contribution is 7.80. The fourth-order valence-corrected chi connectivity index (χ4v) is 4.32. The summed E-state index contributed by atoms with van der Waals surface area (Å²) >= 11 is 5.36. The largest absolute Gasteiger partial charge is 0.341 e. The van der Waals surface area contributed by atoms with Crippen molar-refractivity contribution in [2.45, 2.75) is 26.3 Å². The molecule has 1 fully saturated rings. The number of hydrogen-bond acceptors (Lipinski definition) is 6. The van der Waals surface area contributed by atoms with Gasteiger partial charge in [-0.15, -0.1) is 0 Å². The maximum Gasteiger partial charge on any atom is 0.341 e. The van der Waals surface area contributed by atoms with Gasteiger partial charge < -0.3 is 14.4 Å². The summed E-state index contributed by atoms with van der Waals surface area (Å²) < 4.78 is 23.0. The van der Waals surface area contributed by atoms with Gasteiger partial charge in [-0.3, -0.25) is 9.99 Å². The third-order valence-corrected chi connectivity index (χ3v) is 5.95. The Kier molecular flexibility index (Phi) is 6.74. The molecule has 1 aromatic rings. The molecular formula is C15H22N3O4PS. The van der Waals surface area contributed by atoms with Crippen LogP contribution in [0.2, 0.25) is 0 Å². The van der Waals surface area contributed by atoms with Crippen molar-refractivity contribution in [3.05, 3.63) is 30.3 Å². The SMILES string of the molecule is CCOP(=O)(CCC1NC(=O)N(Nc2ccccc2)C1=S)OCC. The Morgan fingerprint density at radius 1 is 1.25 bits per heavy atom. The Balaban J connectivity index is 1.97. The maximum absolute atomic E-state index is 12.5. The molecule has 1 atom stereocenters. The predicted molar refractivity (Wildman–Crippen MR) is 97.2 cm³/mol. The van der Waals surface area contributed by atoms with Gasteiger partial charge in [0.15, 0.2) is 0 Å². The summed E-state index contributed by atoms with van der Waals surface area (Å²) in [6.07, 6.45) is 0.577. The van der Waals surface area contributed by atoms with Gasteiger partial charge in [0.2, 0.25) is 0 Å². The van der Waals surface area contributed by atoms with Crippen molar-refractivity contribution in [3.8, 4) is 0 Å². The molecule has 1 aliphatic rings. The van der Waals surface area contributed by atoms with E-state index in [1.807, 2.05) is 30.3 Å². The van der Waals surface area contributed by atoms with Gasteiger partial charge in [0, 0.05) is 0 Å². The number of hydrazine groups is 1. The summed E-state index contributed by atoms with van der Waals surface area (Å²) in [4.78, 5) is 12.5. The highest BCUT2D eigenvalue weighted by Gasteiger charge is 2.37. The molecule has 0 spiro atoms. The Morgan fingerprint density at radius 2 is 1.88 bits per heavy atom. The number of hydrogen-bond donors (Lipinski definition) is 2. The van der Waals surface area contributed by atoms with Crippen molar-refractivity contribution in [2.24, 2.45) is 0 Å². The molecular weight excluding hydrogens is 349 g/mol. The molecule has 1 aromatic carbocycles. The van der Waals surface area contributed by atoms with Gasteiger partial charge in [-0.1, -0.05) is 30.4 Å². The van der Waals surface area contributed by atoms with Crippen LogP contribution in [0.3, 0.4) is 0 Å². The normalized spacial score (nSPS) is 17.9. The van der Waals surface area contributed by atoms with Crippen LogP contribution >= 0.6 is 19.8 Å². The molecule has 24 heavy (non-hydrogen) atoms. The van der Waals surface area contributed by atoms with Crippen molar-refractivity contribution in [3.63, 3.8) is 0 Å². The average Bonchev–Trinajstić information content (AvgIpc) is 2.82. The smallest absolute Gasteiger partial charge is 0.327 e. The van der Waals surface area contributed by atoms with Crippen molar-refractivity contribution >= 4 is 36.5 Å². The number of carbonyl (C=O) groups excluding carboxylic acids is 1. The first-order chi connectivity index (χ1) is 11.5. The molecule has 1 saturated heterocycles. The minimum atomic E-state index is -3.15. The molecule has 0 radical (unpaired) electrons. The van der Waals surface area contributed by atoms with Crippen LogP contribution in [-0.2, 0) is 13.6 Å². The number of rotatable bonds is 9. The van der Waals surface area contributed by atoms with Crippen LogP contribution in [0.1, 0.15) is 20.3 Å². The van der Waals surface area contributed by atoms with Crippen LogP contribution in [-0.4, -0.2) is 41.4 Å². The Hall–Kier alpha value is -1.47. The minimum Gasteiger partial charge on any atom is -0.327 e. The van der Waals surface area contributed by atoms with Crippen molar-refractivity contribution in [2.75, 3.05) is 24.8 Å². The number of anilines is 1. The molecule has 7 nitrogen and oxygen atoms in total. The molecule has 2 amide bonds. The molecule has 0 aliphatic carbocycles. The van der Waals surface area contributed by atoms with Gasteiger partial charge >= 0.3 is 13.6 Å². The van der Waals surface area contributed by atoms with Gasteiger partial charge in [0.05, 0.1) is 31.1 Å².